The molecule has 0 aliphatic carbocycles. The normalized spacial score (nSPS) is 10.2. The van der Waals surface area contributed by atoms with Crippen LogP contribution in [0.25, 0.3) is 0 Å². The summed E-state index contributed by atoms with van der Waals surface area (Å²) >= 11 is 8.61. The molecular weight excluding hydrogens is 792 g/mol. The maximum Gasteiger partial charge on any atom is 0.519 e. The summed E-state index contributed by atoms with van der Waals surface area (Å²) in [5.41, 5.74) is 3.71. The number of hydrogen-bond donors (Lipinski definition) is 2. The van der Waals surface area contributed by atoms with Gasteiger partial charge in [-0.2, -0.15) is 0 Å². The molecule has 0 atom stereocenters. The van der Waals surface area contributed by atoms with E-state index in [1.165, 1.54) is 25.6 Å². The van der Waals surface area contributed by atoms with Gasteiger partial charge in [-0.1, -0.05) is 45.0 Å². The van der Waals surface area contributed by atoms with E-state index in [1.807, 2.05) is 0 Å². The number of carbonyl (C=O) groups excluding carboxylic acids is 5. The average Bonchev–Trinajstić information content (AvgIpc) is 3.35. The van der Waals surface area contributed by atoms with Gasteiger partial charge in [0, 0.05) is 0 Å². The second-order valence-electron chi connectivity index (χ2n) is 11.0. The predicted octanol–water partition coefficient (Wildman–Crippen LogP) is 9.10. The standard InChI is InChI=1S/C10H13BrN2O4S.C10H18O5.C5H5BrN2O2S.3CH4/c1-10(2,3)17-9(15)13-8-12-5(6(11)18-8)7(14)16-4;1-9(2,3)14-7(11)13-8(12)15-10(4,5)6;1-10-4(9)2-3(6)11-5(7)8-2;;;/h1-4H3,(H,12,13,15);1-6H3;1H3,(H2,7,8);3*1H4. The number of methoxy groups -OCH3 is 2. The van der Waals surface area contributed by atoms with Gasteiger partial charge >= 0.3 is 30.3 Å². The van der Waals surface area contributed by atoms with E-state index in [4.69, 9.17) is 19.9 Å². The topological polar surface area (TPSA) is 205 Å². The van der Waals surface area contributed by atoms with Crippen LogP contribution < -0.4 is 11.1 Å². The number of rotatable bonds is 3. The van der Waals surface area contributed by atoms with Crippen molar-refractivity contribution in [1.82, 2.24) is 9.97 Å². The van der Waals surface area contributed by atoms with Crippen LogP contribution in [0.5, 0.6) is 0 Å². The molecule has 47 heavy (non-hydrogen) atoms. The number of esters is 2. The third-order valence-corrected chi connectivity index (χ3v) is 6.65. The van der Waals surface area contributed by atoms with E-state index in [-0.39, 0.29) is 38.8 Å². The van der Waals surface area contributed by atoms with Crippen molar-refractivity contribution in [3.63, 3.8) is 0 Å². The van der Waals surface area contributed by atoms with Gasteiger partial charge < -0.3 is 34.2 Å². The van der Waals surface area contributed by atoms with Crippen LogP contribution in [0.4, 0.5) is 24.6 Å². The van der Waals surface area contributed by atoms with Crippen LogP contribution in [0, 0.1) is 0 Å². The Kier molecular flexibility index (Phi) is 23.5. The van der Waals surface area contributed by atoms with E-state index in [1.54, 1.807) is 62.3 Å². The number of hydrogen-bond acceptors (Lipinski definition) is 16. The van der Waals surface area contributed by atoms with Crippen molar-refractivity contribution in [2.45, 2.75) is 101 Å². The lowest BCUT2D eigenvalue weighted by Crippen LogP contribution is -2.29. The molecule has 0 aliphatic heterocycles. The fourth-order valence-corrected chi connectivity index (χ4v) is 4.79. The third-order valence-electron chi connectivity index (χ3n) is 3.50. The van der Waals surface area contributed by atoms with Crippen molar-refractivity contribution >= 4 is 95.1 Å². The van der Waals surface area contributed by atoms with Gasteiger partial charge in [-0.25, -0.2) is 33.9 Å². The second-order valence-corrected chi connectivity index (χ2v) is 15.6. The Morgan fingerprint density at radius 3 is 1.34 bits per heavy atom. The summed E-state index contributed by atoms with van der Waals surface area (Å²) in [6.45, 7) is 15.3. The van der Waals surface area contributed by atoms with Crippen LogP contribution in [0.1, 0.15) is 106 Å². The summed E-state index contributed by atoms with van der Waals surface area (Å²) in [6.07, 6.45) is -2.74. The van der Waals surface area contributed by atoms with E-state index in [2.05, 4.69) is 61.4 Å². The molecule has 3 N–H and O–H groups in total. The Bertz CT molecular complexity index is 1290. The first kappa shape index (κ1) is 50.8. The van der Waals surface area contributed by atoms with Gasteiger partial charge in [-0.15, -0.1) is 0 Å². The minimum absolute atomic E-state index is 0. The van der Waals surface area contributed by atoms with Crippen molar-refractivity contribution in [2.75, 3.05) is 25.3 Å². The average molecular weight is 841 g/mol. The van der Waals surface area contributed by atoms with E-state index >= 15 is 0 Å². The highest BCUT2D eigenvalue weighted by Gasteiger charge is 2.24. The smallest absolute Gasteiger partial charge is 0.464 e. The van der Waals surface area contributed by atoms with Crippen molar-refractivity contribution in [3.8, 4) is 0 Å². The highest BCUT2D eigenvalue weighted by atomic mass is 79.9. The lowest BCUT2D eigenvalue weighted by atomic mass is 10.2. The highest BCUT2D eigenvalue weighted by Crippen LogP contribution is 2.29. The number of thiazole rings is 2. The van der Waals surface area contributed by atoms with Crippen LogP contribution in [-0.4, -0.2) is 71.3 Å². The monoisotopic (exact) mass is 838 g/mol. The van der Waals surface area contributed by atoms with Gasteiger partial charge in [0.05, 0.1) is 14.2 Å². The Hall–Kier alpha value is -3.03. The van der Waals surface area contributed by atoms with Crippen LogP contribution in [0.2, 0.25) is 0 Å². The summed E-state index contributed by atoms with van der Waals surface area (Å²) in [7, 11) is 2.55. The van der Waals surface area contributed by atoms with Gasteiger partial charge in [0.1, 0.15) is 24.4 Å². The maximum absolute atomic E-state index is 11.5. The SMILES string of the molecule is C.C.C.CC(C)(C)OC(=O)OC(=O)OC(C)(C)C.COC(=O)c1nc(N)sc1Br.COC(=O)c1nc(NC(=O)OC(C)(C)C)sc1Br. The van der Waals surface area contributed by atoms with Crippen molar-refractivity contribution in [1.29, 1.82) is 0 Å². The minimum Gasteiger partial charge on any atom is -0.464 e. The summed E-state index contributed by atoms with van der Waals surface area (Å²) in [5.74, 6) is -1.06. The lowest BCUT2D eigenvalue weighted by Gasteiger charge is -2.20. The van der Waals surface area contributed by atoms with Gasteiger partial charge in [0.2, 0.25) is 0 Å². The molecule has 2 aromatic rings. The zero-order chi connectivity index (χ0) is 34.6. The maximum atomic E-state index is 11.5. The summed E-state index contributed by atoms with van der Waals surface area (Å²) < 4.78 is 28.9. The Morgan fingerprint density at radius 1 is 0.660 bits per heavy atom. The molecule has 0 aliphatic rings. The fourth-order valence-electron chi connectivity index (χ4n) is 2.12. The summed E-state index contributed by atoms with van der Waals surface area (Å²) in [4.78, 5) is 63.4. The van der Waals surface area contributed by atoms with Gasteiger partial charge in [0.25, 0.3) is 0 Å². The molecule has 0 radical (unpaired) electrons. The molecule has 0 fully saturated rings. The van der Waals surface area contributed by atoms with Crippen LogP contribution in [0.3, 0.4) is 0 Å². The number of ether oxygens (including phenoxy) is 6. The molecule has 0 bridgehead atoms. The zero-order valence-electron chi connectivity index (χ0n) is 26.0. The molecular formula is C28H48Br2N4O11S2. The molecule has 2 heterocycles. The number of anilines is 2. The Labute approximate surface area is 301 Å². The molecule has 0 spiro atoms. The van der Waals surface area contributed by atoms with E-state index in [0.717, 1.165) is 11.3 Å². The van der Waals surface area contributed by atoms with Crippen molar-refractivity contribution in [3.05, 3.63) is 19.0 Å². The number of aromatic nitrogens is 2. The molecule has 0 unspecified atom stereocenters. The lowest BCUT2D eigenvalue weighted by molar-refractivity contribution is -0.0294. The number of carbonyl (C=O) groups is 5. The van der Waals surface area contributed by atoms with Gasteiger partial charge in [0.15, 0.2) is 21.7 Å². The first-order chi connectivity index (χ1) is 19.9. The molecule has 1 amide bonds. The quantitative estimate of drug-likeness (QED) is 0.168. The first-order valence-electron chi connectivity index (χ1n) is 12.3. The number of amides is 1. The Morgan fingerprint density at radius 2 is 1.02 bits per heavy atom. The Balaban J connectivity index is -0.000000293. The van der Waals surface area contributed by atoms with Crippen LogP contribution in [0.15, 0.2) is 7.57 Å². The number of nitrogens with zero attached hydrogens (tertiary/aromatic N) is 2. The van der Waals surface area contributed by atoms with Gasteiger partial charge in [-0.3, -0.25) is 5.32 Å². The molecule has 0 saturated carbocycles. The van der Waals surface area contributed by atoms with Crippen molar-refractivity contribution in [2.24, 2.45) is 0 Å². The number of nitrogens with one attached hydrogen (secondary N) is 1. The molecule has 19 heteroatoms. The molecule has 272 valence electrons. The largest absolute Gasteiger partial charge is 0.519 e. The zero-order valence-corrected chi connectivity index (χ0v) is 30.8. The predicted molar refractivity (Wildman–Crippen MR) is 190 cm³/mol. The van der Waals surface area contributed by atoms with Crippen molar-refractivity contribution < 1.29 is 52.4 Å². The molecule has 2 rings (SSSR count). The highest BCUT2D eigenvalue weighted by molar-refractivity contribution is 9.11. The molecule has 0 aromatic carbocycles. The molecule has 0 saturated heterocycles. The van der Waals surface area contributed by atoms with E-state index < -0.39 is 47.1 Å². The number of nitrogens with two attached hydrogens (primary N) is 1. The van der Waals surface area contributed by atoms with Crippen LogP contribution >= 0.6 is 54.5 Å². The van der Waals surface area contributed by atoms with Crippen LogP contribution in [-0.2, 0) is 28.4 Å². The molecule has 15 nitrogen and oxygen atoms in total. The second kappa shape index (κ2) is 21.8. The van der Waals surface area contributed by atoms with E-state index in [0.29, 0.717) is 12.7 Å². The third kappa shape index (κ3) is 23.0. The summed E-state index contributed by atoms with van der Waals surface area (Å²) in [5, 5.41) is 3.05. The number of halogens is 2. The van der Waals surface area contributed by atoms with Gasteiger partial charge in [-0.05, 0) is 94.2 Å². The summed E-state index contributed by atoms with van der Waals surface area (Å²) in [6, 6.07) is 0. The molecule has 2 aromatic heterocycles. The van der Waals surface area contributed by atoms with E-state index in [9.17, 15) is 24.0 Å². The number of nitrogen functional groups attached to an aromatic ring is 1. The fraction of sp³-hybridized carbons (Fsp3) is 0.607. The minimum atomic E-state index is -1.06. The first-order valence-corrected chi connectivity index (χ1v) is 15.5.